The van der Waals surface area contributed by atoms with Gasteiger partial charge in [0.25, 0.3) is 0 Å². The number of carbonyl (C=O) groups is 1. The van der Waals surface area contributed by atoms with Crippen LogP contribution >= 0.6 is 34.8 Å². The van der Waals surface area contributed by atoms with Crippen LogP contribution in [0.15, 0.2) is 103 Å². The second-order valence-electron chi connectivity index (χ2n) is 10.4. The van der Waals surface area contributed by atoms with Gasteiger partial charge in [0.05, 0.1) is 26.6 Å². The number of hydrogen-bond acceptors (Lipinski definition) is 4. The van der Waals surface area contributed by atoms with E-state index in [-0.39, 0.29) is 21.8 Å². The molecule has 41 heavy (non-hydrogen) atoms. The van der Waals surface area contributed by atoms with E-state index in [2.05, 4.69) is 11.0 Å². The number of rotatable bonds is 8. The first-order valence-corrected chi connectivity index (χ1v) is 14.7. The summed E-state index contributed by atoms with van der Waals surface area (Å²) in [6.45, 7) is 2.05. The standard InChI is InChI=1S/C34H29Cl3N2O2/c35-28-22-30(37)31(23-29(28)36)41-32(40)33(25-10-4-1-5-11-25)16-19-39(20-17-33)21-18-34(24-38,26-12-6-2-7-13-26)27-14-8-3-9-15-27/h1-15,22-23H,16-21H2. The lowest BCUT2D eigenvalue weighted by Crippen LogP contribution is -2.49. The zero-order valence-electron chi connectivity index (χ0n) is 22.4. The van der Waals surface area contributed by atoms with Crippen LogP contribution in [0, 0.1) is 11.3 Å². The van der Waals surface area contributed by atoms with Crippen LogP contribution in [0.5, 0.6) is 5.75 Å². The molecule has 0 atom stereocenters. The monoisotopic (exact) mass is 602 g/mol. The molecule has 0 spiro atoms. The van der Waals surface area contributed by atoms with Crippen molar-refractivity contribution < 1.29 is 9.53 Å². The molecule has 4 nitrogen and oxygen atoms in total. The topological polar surface area (TPSA) is 53.3 Å². The second-order valence-corrected chi connectivity index (χ2v) is 11.6. The molecule has 0 N–H and O–H groups in total. The average molecular weight is 604 g/mol. The van der Waals surface area contributed by atoms with Gasteiger partial charge in [-0.05, 0) is 55.1 Å². The number of piperidine rings is 1. The van der Waals surface area contributed by atoms with Gasteiger partial charge in [0, 0.05) is 12.6 Å². The summed E-state index contributed by atoms with van der Waals surface area (Å²) in [5.41, 5.74) is 1.23. The Morgan fingerprint density at radius 2 is 1.32 bits per heavy atom. The van der Waals surface area contributed by atoms with Crippen molar-refractivity contribution in [3.05, 3.63) is 135 Å². The second kappa shape index (κ2) is 12.7. The summed E-state index contributed by atoms with van der Waals surface area (Å²) in [5, 5.41) is 11.3. The maximum atomic E-state index is 13.9. The number of benzene rings is 4. The van der Waals surface area contributed by atoms with Gasteiger partial charge in [-0.3, -0.25) is 4.79 Å². The van der Waals surface area contributed by atoms with Crippen molar-refractivity contribution in [1.82, 2.24) is 4.90 Å². The molecule has 4 aromatic rings. The summed E-state index contributed by atoms with van der Waals surface area (Å²) in [6.07, 6.45) is 1.75. The Hall–Kier alpha value is -3.33. The largest absolute Gasteiger partial charge is 0.424 e. The maximum Gasteiger partial charge on any atom is 0.322 e. The van der Waals surface area contributed by atoms with Crippen LogP contribution in [-0.2, 0) is 15.6 Å². The van der Waals surface area contributed by atoms with Crippen LogP contribution in [0.2, 0.25) is 15.1 Å². The Labute approximate surface area is 256 Å². The average Bonchev–Trinajstić information content (AvgIpc) is 3.02. The van der Waals surface area contributed by atoms with E-state index in [9.17, 15) is 10.1 Å². The highest BCUT2D eigenvalue weighted by molar-refractivity contribution is 6.43. The van der Waals surface area contributed by atoms with E-state index in [1.807, 2.05) is 91.0 Å². The van der Waals surface area contributed by atoms with Crippen molar-refractivity contribution in [2.24, 2.45) is 0 Å². The van der Waals surface area contributed by atoms with E-state index in [0.717, 1.165) is 16.7 Å². The predicted octanol–water partition coefficient (Wildman–Crippen LogP) is 8.49. The quantitative estimate of drug-likeness (QED) is 0.115. The van der Waals surface area contributed by atoms with Crippen molar-refractivity contribution in [3.63, 3.8) is 0 Å². The summed E-state index contributed by atoms with van der Waals surface area (Å²) in [4.78, 5) is 16.2. The van der Waals surface area contributed by atoms with E-state index in [1.165, 1.54) is 12.1 Å². The van der Waals surface area contributed by atoms with Crippen molar-refractivity contribution in [2.45, 2.75) is 30.1 Å². The molecule has 0 unspecified atom stereocenters. The van der Waals surface area contributed by atoms with E-state index < -0.39 is 10.8 Å². The summed E-state index contributed by atoms with van der Waals surface area (Å²) in [7, 11) is 0. The Morgan fingerprint density at radius 1 is 0.805 bits per heavy atom. The summed E-state index contributed by atoms with van der Waals surface area (Å²) in [5.74, 6) is -0.183. The fourth-order valence-electron chi connectivity index (χ4n) is 5.72. The molecule has 0 bridgehead atoms. The van der Waals surface area contributed by atoms with Gasteiger partial charge in [0.1, 0.15) is 5.41 Å². The number of hydrogen-bond donors (Lipinski definition) is 0. The minimum absolute atomic E-state index is 0.188. The van der Waals surface area contributed by atoms with Gasteiger partial charge < -0.3 is 9.64 Å². The molecule has 7 heteroatoms. The van der Waals surface area contributed by atoms with Crippen LogP contribution in [0.3, 0.4) is 0 Å². The van der Waals surface area contributed by atoms with Crippen molar-refractivity contribution >= 4 is 40.8 Å². The first kappa shape index (κ1) is 29.2. The van der Waals surface area contributed by atoms with Gasteiger partial charge in [-0.2, -0.15) is 5.26 Å². The molecule has 0 amide bonds. The predicted molar refractivity (Wildman–Crippen MR) is 165 cm³/mol. The molecule has 5 rings (SSSR count). The molecule has 1 aliphatic heterocycles. The zero-order valence-corrected chi connectivity index (χ0v) is 24.7. The lowest BCUT2D eigenvalue weighted by atomic mass is 9.71. The van der Waals surface area contributed by atoms with Crippen LogP contribution in [0.1, 0.15) is 36.0 Å². The number of halogens is 3. The van der Waals surface area contributed by atoms with E-state index in [1.54, 1.807) is 0 Å². The molecule has 0 saturated carbocycles. The lowest BCUT2D eigenvalue weighted by Gasteiger charge is -2.41. The molecule has 0 radical (unpaired) electrons. The van der Waals surface area contributed by atoms with Crippen molar-refractivity contribution in [2.75, 3.05) is 19.6 Å². The minimum Gasteiger partial charge on any atom is -0.424 e. The van der Waals surface area contributed by atoms with Gasteiger partial charge in [0.15, 0.2) is 5.75 Å². The minimum atomic E-state index is -0.849. The van der Waals surface area contributed by atoms with E-state index >= 15 is 0 Å². The van der Waals surface area contributed by atoms with Crippen LogP contribution in [0.25, 0.3) is 0 Å². The van der Waals surface area contributed by atoms with Crippen molar-refractivity contribution in [1.29, 1.82) is 5.26 Å². The highest BCUT2D eigenvalue weighted by Crippen LogP contribution is 2.41. The third kappa shape index (κ3) is 6.01. The number of ether oxygens (including phenoxy) is 1. The molecule has 0 aromatic heterocycles. The van der Waals surface area contributed by atoms with Gasteiger partial charge >= 0.3 is 5.97 Å². The molecule has 0 aliphatic carbocycles. The van der Waals surface area contributed by atoms with E-state index in [0.29, 0.717) is 43.9 Å². The molecule has 208 valence electrons. The lowest BCUT2D eigenvalue weighted by molar-refractivity contribution is -0.143. The third-order valence-electron chi connectivity index (χ3n) is 8.13. The van der Waals surface area contributed by atoms with Gasteiger partial charge in [-0.25, -0.2) is 0 Å². The van der Waals surface area contributed by atoms with Crippen LogP contribution in [-0.4, -0.2) is 30.5 Å². The fraction of sp³-hybridized carbons (Fsp3) is 0.235. The molecule has 1 heterocycles. The van der Waals surface area contributed by atoms with Gasteiger partial charge in [-0.15, -0.1) is 0 Å². The Balaban J connectivity index is 1.37. The molecule has 4 aromatic carbocycles. The van der Waals surface area contributed by atoms with E-state index in [4.69, 9.17) is 39.5 Å². The normalized spacial score (nSPS) is 15.2. The van der Waals surface area contributed by atoms with Crippen LogP contribution in [0.4, 0.5) is 0 Å². The molecule has 1 saturated heterocycles. The summed E-state index contributed by atoms with van der Waals surface area (Å²) < 4.78 is 5.89. The molecule has 1 aliphatic rings. The highest BCUT2D eigenvalue weighted by atomic mass is 35.5. The van der Waals surface area contributed by atoms with Gasteiger partial charge in [0.2, 0.25) is 0 Å². The SMILES string of the molecule is N#CC(CCN1CCC(C(=O)Oc2cc(Cl)c(Cl)cc2Cl)(c2ccccc2)CC1)(c1ccccc1)c1ccccc1. The Bertz CT molecular complexity index is 1490. The zero-order chi connectivity index (χ0) is 28.9. The number of carbonyl (C=O) groups excluding carboxylic acids is 1. The Kier molecular flexibility index (Phi) is 9.02. The van der Waals surface area contributed by atoms with Gasteiger partial charge in [-0.1, -0.05) is 126 Å². The Morgan fingerprint density at radius 3 is 1.85 bits per heavy atom. The third-order valence-corrected chi connectivity index (χ3v) is 9.15. The summed E-state index contributed by atoms with van der Waals surface area (Å²) >= 11 is 18.6. The summed E-state index contributed by atoms with van der Waals surface area (Å²) in [6, 6.07) is 35.3. The van der Waals surface area contributed by atoms with Crippen LogP contribution < -0.4 is 4.74 Å². The number of nitrogens with zero attached hydrogens (tertiary/aromatic N) is 2. The first-order valence-electron chi connectivity index (χ1n) is 13.5. The fourth-order valence-corrected chi connectivity index (χ4v) is 6.29. The number of likely N-dealkylation sites (tertiary alicyclic amines) is 1. The number of nitriles is 1. The highest BCUT2D eigenvalue weighted by Gasteiger charge is 2.45. The molecular weight excluding hydrogens is 575 g/mol. The molecule has 1 fully saturated rings. The smallest absolute Gasteiger partial charge is 0.322 e. The molecular formula is C34H29Cl3N2O2. The first-order chi connectivity index (χ1) is 19.9. The maximum absolute atomic E-state index is 13.9. The number of esters is 1. The van der Waals surface area contributed by atoms with Crippen molar-refractivity contribution in [3.8, 4) is 11.8 Å².